The van der Waals surface area contributed by atoms with Crippen molar-refractivity contribution in [2.24, 2.45) is 0 Å². The first kappa shape index (κ1) is 11.7. The lowest BCUT2D eigenvalue weighted by Crippen LogP contribution is -2.28. The fourth-order valence-corrected chi connectivity index (χ4v) is 2.72. The Morgan fingerprint density at radius 1 is 1.50 bits per heavy atom. The molecule has 1 fully saturated rings. The molecular weight excluding hydrogens is 220 g/mol. The molecule has 88 valence electrons. The number of benzene rings is 1. The quantitative estimate of drug-likeness (QED) is 0.819. The monoisotopic (exact) mass is 238 g/mol. The molecule has 1 aromatic carbocycles. The first-order valence-electron chi connectivity index (χ1n) is 5.98. The summed E-state index contributed by atoms with van der Waals surface area (Å²) in [6.45, 7) is 4.41. The van der Waals surface area contributed by atoms with Gasteiger partial charge in [-0.1, -0.05) is 24.6 Å². The van der Waals surface area contributed by atoms with Gasteiger partial charge in [-0.05, 0) is 43.5 Å². The fourth-order valence-electron chi connectivity index (χ4n) is 2.48. The van der Waals surface area contributed by atoms with E-state index in [4.69, 9.17) is 17.3 Å². The van der Waals surface area contributed by atoms with Crippen LogP contribution in [0.15, 0.2) is 18.2 Å². The number of rotatable bonds is 3. The smallest absolute Gasteiger partial charge is 0.0471 e. The van der Waals surface area contributed by atoms with Crippen LogP contribution in [0, 0.1) is 0 Å². The van der Waals surface area contributed by atoms with Gasteiger partial charge in [0.2, 0.25) is 0 Å². The van der Waals surface area contributed by atoms with Crippen LogP contribution in [0.4, 0.5) is 5.69 Å². The average molecular weight is 239 g/mol. The molecule has 2 N–H and O–H groups in total. The zero-order valence-corrected chi connectivity index (χ0v) is 10.5. The molecule has 1 atom stereocenters. The fraction of sp³-hybridized carbons (Fsp3) is 0.538. The van der Waals surface area contributed by atoms with E-state index in [1.807, 2.05) is 18.2 Å². The molecular formula is C13H19ClN2. The Hall–Kier alpha value is -0.730. The average Bonchev–Trinajstić information content (AvgIpc) is 2.69. The predicted octanol–water partition coefficient (Wildman–Crippen LogP) is 3.30. The van der Waals surface area contributed by atoms with Gasteiger partial charge in [0.05, 0.1) is 0 Å². The van der Waals surface area contributed by atoms with Crippen LogP contribution in [-0.4, -0.2) is 17.5 Å². The summed E-state index contributed by atoms with van der Waals surface area (Å²) in [6, 6.07) is 6.54. The SMILES string of the molecule is CCC1CCCN1Cc1ccc(N)cc1Cl. The molecule has 0 spiro atoms. The zero-order valence-electron chi connectivity index (χ0n) is 9.75. The van der Waals surface area contributed by atoms with Crippen molar-refractivity contribution in [3.63, 3.8) is 0 Å². The molecule has 2 rings (SSSR count). The molecule has 0 radical (unpaired) electrons. The number of hydrogen-bond donors (Lipinski definition) is 1. The summed E-state index contributed by atoms with van der Waals surface area (Å²) in [5, 5.41) is 0.793. The third kappa shape index (κ3) is 2.50. The molecule has 1 aliphatic rings. The largest absolute Gasteiger partial charge is 0.399 e. The van der Waals surface area contributed by atoms with Crippen LogP contribution in [0.3, 0.4) is 0 Å². The molecule has 3 heteroatoms. The molecule has 0 saturated carbocycles. The molecule has 0 aliphatic carbocycles. The van der Waals surface area contributed by atoms with Gasteiger partial charge in [-0.2, -0.15) is 0 Å². The molecule has 0 aromatic heterocycles. The van der Waals surface area contributed by atoms with E-state index in [1.54, 1.807) is 0 Å². The molecule has 0 bridgehead atoms. The minimum atomic E-state index is 0.730. The predicted molar refractivity (Wildman–Crippen MR) is 69.6 cm³/mol. The number of hydrogen-bond acceptors (Lipinski definition) is 2. The summed E-state index contributed by atoms with van der Waals surface area (Å²) < 4.78 is 0. The van der Waals surface area contributed by atoms with Gasteiger partial charge >= 0.3 is 0 Å². The lowest BCUT2D eigenvalue weighted by Gasteiger charge is -2.23. The Labute approximate surface area is 102 Å². The van der Waals surface area contributed by atoms with Gasteiger partial charge in [-0.25, -0.2) is 0 Å². The maximum absolute atomic E-state index is 6.19. The van der Waals surface area contributed by atoms with Gasteiger partial charge in [-0.15, -0.1) is 0 Å². The van der Waals surface area contributed by atoms with E-state index >= 15 is 0 Å². The highest BCUT2D eigenvalue weighted by molar-refractivity contribution is 6.31. The van der Waals surface area contributed by atoms with Gasteiger partial charge in [-0.3, -0.25) is 4.90 Å². The first-order chi connectivity index (χ1) is 7.70. The van der Waals surface area contributed by atoms with Gasteiger partial charge in [0.15, 0.2) is 0 Å². The Bertz CT molecular complexity index is 365. The Kier molecular flexibility index (Phi) is 3.72. The van der Waals surface area contributed by atoms with Crippen molar-refractivity contribution in [3.05, 3.63) is 28.8 Å². The van der Waals surface area contributed by atoms with Crippen LogP contribution >= 0.6 is 11.6 Å². The molecule has 1 unspecified atom stereocenters. The molecule has 1 aromatic rings. The van der Waals surface area contributed by atoms with Gasteiger partial charge in [0.25, 0.3) is 0 Å². The zero-order chi connectivity index (χ0) is 11.5. The van der Waals surface area contributed by atoms with Crippen LogP contribution < -0.4 is 5.73 Å². The number of nitrogen functional groups attached to an aromatic ring is 1. The van der Waals surface area contributed by atoms with Crippen molar-refractivity contribution in [1.82, 2.24) is 4.90 Å². The van der Waals surface area contributed by atoms with E-state index in [2.05, 4.69) is 11.8 Å². The van der Waals surface area contributed by atoms with Gasteiger partial charge < -0.3 is 5.73 Å². The molecule has 1 saturated heterocycles. The molecule has 1 aliphatic heterocycles. The van der Waals surface area contributed by atoms with E-state index in [1.165, 1.54) is 31.4 Å². The summed E-state index contributed by atoms with van der Waals surface area (Å²) in [7, 11) is 0. The maximum Gasteiger partial charge on any atom is 0.0471 e. The molecule has 16 heavy (non-hydrogen) atoms. The number of likely N-dealkylation sites (tertiary alicyclic amines) is 1. The lowest BCUT2D eigenvalue weighted by molar-refractivity contribution is 0.240. The van der Waals surface area contributed by atoms with E-state index in [0.29, 0.717) is 0 Å². The van der Waals surface area contributed by atoms with E-state index in [0.717, 1.165) is 23.3 Å². The summed E-state index contributed by atoms with van der Waals surface area (Å²) in [5.41, 5.74) is 7.62. The standard InChI is InChI=1S/C13H19ClN2/c1-2-12-4-3-7-16(12)9-10-5-6-11(15)8-13(10)14/h5-6,8,12H,2-4,7,9,15H2,1H3. The Balaban J connectivity index is 2.08. The van der Waals surface area contributed by atoms with Crippen molar-refractivity contribution < 1.29 is 0 Å². The van der Waals surface area contributed by atoms with Crippen molar-refractivity contribution >= 4 is 17.3 Å². The molecule has 1 heterocycles. The summed E-state index contributed by atoms with van der Waals surface area (Å²) in [4.78, 5) is 2.53. The minimum absolute atomic E-state index is 0.730. The third-order valence-corrected chi connectivity index (χ3v) is 3.77. The molecule has 0 amide bonds. The maximum atomic E-state index is 6.19. The first-order valence-corrected chi connectivity index (χ1v) is 6.36. The van der Waals surface area contributed by atoms with Crippen molar-refractivity contribution in [2.45, 2.75) is 38.8 Å². The number of nitrogens with zero attached hydrogens (tertiary/aromatic N) is 1. The highest BCUT2D eigenvalue weighted by atomic mass is 35.5. The van der Waals surface area contributed by atoms with Gasteiger partial charge in [0, 0.05) is 23.3 Å². The topological polar surface area (TPSA) is 29.3 Å². The van der Waals surface area contributed by atoms with Crippen molar-refractivity contribution in [2.75, 3.05) is 12.3 Å². The number of anilines is 1. The second kappa shape index (κ2) is 5.07. The van der Waals surface area contributed by atoms with E-state index < -0.39 is 0 Å². The summed E-state index contributed by atoms with van der Waals surface area (Å²) >= 11 is 6.19. The van der Waals surface area contributed by atoms with Crippen molar-refractivity contribution in [1.29, 1.82) is 0 Å². The van der Waals surface area contributed by atoms with Crippen molar-refractivity contribution in [3.8, 4) is 0 Å². The highest BCUT2D eigenvalue weighted by Gasteiger charge is 2.23. The third-order valence-electron chi connectivity index (χ3n) is 3.42. The summed E-state index contributed by atoms with van der Waals surface area (Å²) in [6.07, 6.45) is 3.86. The Morgan fingerprint density at radius 3 is 3.00 bits per heavy atom. The number of nitrogens with two attached hydrogens (primary N) is 1. The van der Waals surface area contributed by atoms with Crippen LogP contribution in [0.25, 0.3) is 0 Å². The minimum Gasteiger partial charge on any atom is -0.399 e. The normalized spacial score (nSPS) is 21.5. The van der Waals surface area contributed by atoms with Crippen LogP contribution in [0.2, 0.25) is 5.02 Å². The Morgan fingerprint density at radius 2 is 2.31 bits per heavy atom. The van der Waals surface area contributed by atoms with E-state index in [-0.39, 0.29) is 0 Å². The van der Waals surface area contributed by atoms with Crippen LogP contribution in [-0.2, 0) is 6.54 Å². The van der Waals surface area contributed by atoms with Crippen LogP contribution in [0.1, 0.15) is 31.7 Å². The number of halogens is 1. The molecule has 2 nitrogen and oxygen atoms in total. The van der Waals surface area contributed by atoms with E-state index in [9.17, 15) is 0 Å². The second-order valence-corrected chi connectivity index (χ2v) is 4.93. The second-order valence-electron chi connectivity index (χ2n) is 4.53. The highest BCUT2D eigenvalue weighted by Crippen LogP contribution is 2.26. The summed E-state index contributed by atoms with van der Waals surface area (Å²) in [5.74, 6) is 0. The lowest BCUT2D eigenvalue weighted by atomic mass is 10.1. The van der Waals surface area contributed by atoms with Gasteiger partial charge in [0.1, 0.15) is 0 Å². The van der Waals surface area contributed by atoms with Crippen LogP contribution in [0.5, 0.6) is 0 Å².